The van der Waals surface area contributed by atoms with E-state index in [1.165, 1.54) is 0 Å². The minimum Gasteiger partial charge on any atom is -0.367 e. The van der Waals surface area contributed by atoms with Crippen molar-refractivity contribution in [3.63, 3.8) is 0 Å². The fraction of sp³-hybridized carbons (Fsp3) is 0.333. The van der Waals surface area contributed by atoms with Gasteiger partial charge in [0, 0.05) is 54.0 Å². The van der Waals surface area contributed by atoms with Crippen molar-refractivity contribution >= 4 is 29.0 Å². The van der Waals surface area contributed by atoms with Crippen LogP contribution in [0.15, 0.2) is 48.9 Å². The molecule has 1 saturated carbocycles. The quantitative estimate of drug-likeness (QED) is 0.486. The van der Waals surface area contributed by atoms with E-state index in [9.17, 15) is 4.79 Å². The normalized spacial score (nSPS) is 20.2. The number of carbonyl (C=O) groups excluding carboxylic acids is 1. The molecule has 0 unspecified atom stereocenters. The van der Waals surface area contributed by atoms with Gasteiger partial charge < -0.3 is 21.7 Å². The number of aryl methyl sites for hydroxylation is 1. The number of hydrogen-bond acceptors (Lipinski definition) is 7. The van der Waals surface area contributed by atoms with Crippen LogP contribution in [0.2, 0.25) is 0 Å². The number of aromatic nitrogens is 3. The number of amides is 1. The second kappa shape index (κ2) is 8.92. The van der Waals surface area contributed by atoms with Crippen molar-refractivity contribution in [1.29, 1.82) is 0 Å². The molecule has 0 radical (unpaired) electrons. The summed E-state index contributed by atoms with van der Waals surface area (Å²) in [6.45, 7) is 0. The van der Waals surface area contributed by atoms with Crippen molar-refractivity contribution in [2.45, 2.75) is 50.6 Å². The van der Waals surface area contributed by atoms with E-state index in [1.807, 2.05) is 36.5 Å². The molecular weight excluding hydrogens is 402 g/mol. The summed E-state index contributed by atoms with van der Waals surface area (Å²) in [6.07, 6.45) is 10.7. The highest BCUT2D eigenvalue weighted by Crippen LogP contribution is 2.31. The summed E-state index contributed by atoms with van der Waals surface area (Å²) in [4.78, 5) is 25.1. The summed E-state index contributed by atoms with van der Waals surface area (Å²) < 4.78 is 0. The van der Waals surface area contributed by atoms with Gasteiger partial charge in [0.2, 0.25) is 11.9 Å². The molecule has 1 aliphatic carbocycles. The molecule has 1 aromatic carbocycles. The lowest BCUT2D eigenvalue weighted by Crippen LogP contribution is -2.33. The Kier molecular flexibility index (Phi) is 5.68. The molecule has 0 bridgehead atoms. The van der Waals surface area contributed by atoms with E-state index in [4.69, 9.17) is 10.7 Å². The van der Waals surface area contributed by atoms with Crippen LogP contribution in [-0.2, 0) is 11.2 Å². The van der Waals surface area contributed by atoms with Gasteiger partial charge >= 0.3 is 0 Å². The van der Waals surface area contributed by atoms with Crippen LogP contribution in [-0.4, -0.2) is 32.9 Å². The molecule has 2 aromatic heterocycles. The summed E-state index contributed by atoms with van der Waals surface area (Å²) >= 11 is 0. The third kappa shape index (κ3) is 4.55. The van der Waals surface area contributed by atoms with Crippen LogP contribution < -0.4 is 21.7 Å². The number of benzene rings is 1. The molecule has 5 N–H and O–H groups in total. The first-order valence-corrected chi connectivity index (χ1v) is 11.1. The van der Waals surface area contributed by atoms with Gasteiger partial charge in [-0.05, 0) is 73.6 Å². The Balaban J connectivity index is 1.41. The van der Waals surface area contributed by atoms with E-state index in [-0.39, 0.29) is 5.91 Å². The minimum absolute atomic E-state index is 0.0626. The van der Waals surface area contributed by atoms with Gasteiger partial charge in [0.05, 0.1) is 0 Å². The smallest absolute Gasteiger partial charge is 0.229 e. The molecule has 164 valence electrons. The number of fused-ring (bicyclic) bond motifs is 1. The molecule has 2 aliphatic rings. The summed E-state index contributed by atoms with van der Waals surface area (Å²) in [7, 11) is 0. The largest absolute Gasteiger partial charge is 0.367 e. The van der Waals surface area contributed by atoms with Crippen molar-refractivity contribution < 1.29 is 4.79 Å². The molecule has 32 heavy (non-hydrogen) atoms. The van der Waals surface area contributed by atoms with Crippen molar-refractivity contribution in [3.8, 4) is 11.1 Å². The van der Waals surface area contributed by atoms with E-state index in [2.05, 4.69) is 25.9 Å². The number of nitrogens with one attached hydrogen (secondary N) is 3. The van der Waals surface area contributed by atoms with Crippen molar-refractivity contribution in [3.05, 3.63) is 54.5 Å². The van der Waals surface area contributed by atoms with Gasteiger partial charge in [0.1, 0.15) is 5.82 Å². The topological polar surface area (TPSA) is 118 Å². The van der Waals surface area contributed by atoms with Crippen LogP contribution in [0.5, 0.6) is 0 Å². The molecule has 0 saturated heterocycles. The SMILES string of the molecule is N[C@H]1CC[C@H](Nc2nc(Nc3ccc4c(c3)CCC(=O)N4)ncc2-c2ccncc2)CC1. The van der Waals surface area contributed by atoms with Crippen LogP contribution in [0.3, 0.4) is 0 Å². The molecule has 3 heterocycles. The summed E-state index contributed by atoms with van der Waals surface area (Å²) in [5.41, 5.74) is 10.9. The fourth-order valence-corrected chi connectivity index (χ4v) is 4.34. The molecule has 1 aliphatic heterocycles. The number of hydrogen-bond donors (Lipinski definition) is 4. The van der Waals surface area contributed by atoms with Gasteiger partial charge in [0.15, 0.2) is 0 Å². The van der Waals surface area contributed by atoms with Crippen molar-refractivity contribution in [1.82, 2.24) is 15.0 Å². The highest BCUT2D eigenvalue weighted by molar-refractivity contribution is 5.94. The van der Waals surface area contributed by atoms with Crippen LogP contribution in [0.25, 0.3) is 11.1 Å². The third-order valence-electron chi connectivity index (χ3n) is 6.15. The Morgan fingerprint density at radius 2 is 1.84 bits per heavy atom. The zero-order chi connectivity index (χ0) is 21.9. The number of nitrogens with two attached hydrogens (primary N) is 1. The number of nitrogens with zero attached hydrogens (tertiary/aromatic N) is 3. The van der Waals surface area contributed by atoms with Crippen LogP contribution >= 0.6 is 0 Å². The summed E-state index contributed by atoms with van der Waals surface area (Å²) in [5, 5.41) is 9.87. The average molecular weight is 430 g/mol. The molecule has 1 amide bonds. The molecule has 0 spiro atoms. The van der Waals surface area contributed by atoms with Gasteiger partial charge in [0.25, 0.3) is 0 Å². The Hall–Kier alpha value is -3.52. The molecule has 1 fully saturated rings. The third-order valence-corrected chi connectivity index (χ3v) is 6.15. The Morgan fingerprint density at radius 1 is 1.03 bits per heavy atom. The zero-order valence-electron chi connectivity index (χ0n) is 17.8. The summed E-state index contributed by atoms with van der Waals surface area (Å²) in [5.74, 6) is 1.39. The second-order valence-corrected chi connectivity index (χ2v) is 8.49. The number of anilines is 4. The van der Waals surface area contributed by atoms with Crippen molar-refractivity contribution in [2.75, 3.05) is 16.0 Å². The number of carbonyl (C=O) groups is 1. The molecular formula is C24H27N7O. The van der Waals surface area contributed by atoms with E-state index < -0.39 is 0 Å². The standard InChI is InChI=1S/C24H27N7O/c25-17-2-4-18(5-3-17)28-23-20(15-9-11-26-12-10-15)14-27-24(31-23)29-19-6-7-21-16(13-19)1-8-22(32)30-21/h6-7,9-14,17-18H,1-5,8,25H2,(H,30,32)(H2,27,28,29,31)/t17-,18-. The lowest BCUT2D eigenvalue weighted by Gasteiger charge is -2.28. The second-order valence-electron chi connectivity index (χ2n) is 8.49. The first-order valence-electron chi connectivity index (χ1n) is 11.1. The minimum atomic E-state index is 0.0626. The average Bonchev–Trinajstić information content (AvgIpc) is 2.81. The van der Waals surface area contributed by atoms with Gasteiger partial charge in [-0.1, -0.05) is 0 Å². The number of rotatable bonds is 5. The maximum absolute atomic E-state index is 11.6. The fourth-order valence-electron chi connectivity index (χ4n) is 4.34. The molecule has 5 rings (SSSR count). The van der Waals surface area contributed by atoms with E-state index in [1.54, 1.807) is 12.4 Å². The van der Waals surface area contributed by atoms with Gasteiger partial charge in [-0.3, -0.25) is 9.78 Å². The number of pyridine rings is 1. The molecule has 8 nitrogen and oxygen atoms in total. The molecule has 8 heteroatoms. The maximum Gasteiger partial charge on any atom is 0.229 e. The lowest BCUT2D eigenvalue weighted by molar-refractivity contribution is -0.116. The van der Waals surface area contributed by atoms with E-state index in [0.717, 1.165) is 66.0 Å². The van der Waals surface area contributed by atoms with Crippen LogP contribution in [0, 0.1) is 0 Å². The highest BCUT2D eigenvalue weighted by atomic mass is 16.1. The molecule has 3 aromatic rings. The van der Waals surface area contributed by atoms with Gasteiger partial charge in [-0.25, -0.2) is 4.98 Å². The predicted molar refractivity (Wildman–Crippen MR) is 126 cm³/mol. The lowest BCUT2D eigenvalue weighted by atomic mass is 9.91. The first-order chi connectivity index (χ1) is 15.6. The Morgan fingerprint density at radius 3 is 2.66 bits per heavy atom. The molecule has 0 atom stereocenters. The highest BCUT2D eigenvalue weighted by Gasteiger charge is 2.21. The Labute approximate surface area is 187 Å². The monoisotopic (exact) mass is 429 g/mol. The van der Waals surface area contributed by atoms with Gasteiger partial charge in [-0.2, -0.15) is 4.98 Å². The van der Waals surface area contributed by atoms with E-state index >= 15 is 0 Å². The van der Waals surface area contributed by atoms with Crippen molar-refractivity contribution in [2.24, 2.45) is 5.73 Å². The summed E-state index contributed by atoms with van der Waals surface area (Å²) in [6, 6.07) is 10.5. The van der Waals surface area contributed by atoms with Gasteiger partial charge in [-0.15, -0.1) is 0 Å². The Bertz CT molecular complexity index is 1110. The first kappa shape index (κ1) is 20.4. The zero-order valence-corrected chi connectivity index (χ0v) is 17.8. The van der Waals surface area contributed by atoms with Crippen LogP contribution in [0.1, 0.15) is 37.7 Å². The maximum atomic E-state index is 11.6. The predicted octanol–water partition coefficient (Wildman–Crippen LogP) is 3.85. The van der Waals surface area contributed by atoms with E-state index in [0.29, 0.717) is 24.5 Å². The van der Waals surface area contributed by atoms with Crippen LogP contribution in [0.4, 0.5) is 23.1 Å².